The van der Waals surface area contributed by atoms with Crippen molar-refractivity contribution in [3.05, 3.63) is 29.8 Å². The normalized spacial score (nSPS) is 11.7. The number of carbonyl (C=O) groups excluding carboxylic acids is 2. The zero-order valence-corrected chi connectivity index (χ0v) is 10.4. The second-order valence-corrected chi connectivity index (χ2v) is 3.76. The third-order valence-corrected chi connectivity index (χ3v) is 2.09. The van der Waals surface area contributed by atoms with E-state index in [0.717, 1.165) is 6.42 Å². The van der Waals surface area contributed by atoms with E-state index in [1.807, 2.05) is 6.92 Å². The first-order valence-corrected chi connectivity index (χ1v) is 5.71. The van der Waals surface area contributed by atoms with Crippen molar-refractivity contribution in [3.8, 4) is 5.75 Å². The topological polar surface area (TPSA) is 72.8 Å². The van der Waals surface area contributed by atoms with Crippen molar-refractivity contribution in [1.29, 1.82) is 0 Å². The summed E-state index contributed by atoms with van der Waals surface area (Å²) < 4.78 is 9.80. The van der Waals surface area contributed by atoms with E-state index in [9.17, 15) is 9.59 Å². The molecule has 1 atom stereocenters. The Morgan fingerprint density at radius 1 is 1.28 bits per heavy atom. The fourth-order valence-electron chi connectivity index (χ4n) is 1.14. The van der Waals surface area contributed by atoms with Crippen LogP contribution in [-0.2, 0) is 9.53 Å². The summed E-state index contributed by atoms with van der Waals surface area (Å²) >= 11 is 0. The molecule has 0 amide bonds. The van der Waals surface area contributed by atoms with Crippen molar-refractivity contribution in [2.45, 2.75) is 26.4 Å². The van der Waals surface area contributed by atoms with E-state index in [2.05, 4.69) is 0 Å². The average Bonchev–Trinajstić information content (AvgIpc) is 2.36. The monoisotopic (exact) mass is 252 g/mol. The van der Waals surface area contributed by atoms with Gasteiger partial charge < -0.3 is 14.6 Å². The summed E-state index contributed by atoms with van der Waals surface area (Å²) in [5, 5.41) is 8.97. The fourth-order valence-corrected chi connectivity index (χ4v) is 1.14. The standard InChI is InChI=1S/C13H16O5/c1-3-8-17-13(16)10-4-6-11(7-5-10)18-12(15)9(2)14/h4-7,9,14H,3,8H2,1-2H3. The second-order valence-electron chi connectivity index (χ2n) is 3.76. The van der Waals surface area contributed by atoms with Gasteiger partial charge in [0.25, 0.3) is 0 Å². The molecular weight excluding hydrogens is 236 g/mol. The number of aliphatic hydroxyl groups is 1. The van der Waals surface area contributed by atoms with Crippen LogP contribution >= 0.6 is 0 Å². The Morgan fingerprint density at radius 3 is 2.39 bits per heavy atom. The van der Waals surface area contributed by atoms with Crippen LogP contribution < -0.4 is 4.74 Å². The molecule has 0 aliphatic heterocycles. The molecule has 98 valence electrons. The van der Waals surface area contributed by atoms with Crippen LogP contribution in [0.1, 0.15) is 30.6 Å². The van der Waals surface area contributed by atoms with E-state index in [1.54, 1.807) is 0 Å². The second kappa shape index (κ2) is 6.76. The number of ether oxygens (including phenoxy) is 2. The number of hydrogen-bond acceptors (Lipinski definition) is 5. The number of hydrogen-bond donors (Lipinski definition) is 1. The lowest BCUT2D eigenvalue weighted by Crippen LogP contribution is -2.22. The third-order valence-electron chi connectivity index (χ3n) is 2.09. The van der Waals surface area contributed by atoms with Gasteiger partial charge in [-0.1, -0.05) is 6.92 Å². The van der Waals surface area contributed by atoms with Crippen molar-refractivity contribution >= 4 is 11.9 Å². The van der Waals surface area contributed by atoms with Gasteiger partial charge in [0.2, 0.25) is 0 Å². The van der Waals surface area contributed by atoms with Gasteiger partial charge in [0.15, 0.2) is 0 Å². The molecule has 1 N–H and O–H groups in total. The molecule has 0 saturated heterocycles. The van der Waals surface area contributed by atoms with Crippen LogP contribution in [-0.4, -0.2) is 29.8 Å². The SMILES string of the molecule is CCCOC(=O)c1ccc(OC(=O)C(C)O)cc1. The Balaban J connectivity index is 2.62. The van der Waals surface area contributed by atoms with Crippen LogP contribution in [0.2, 0.25) is 0 Å². The van der Waals surface area contributed by atoms with Gasteiger partial charge in [-0.15, -0.1) is 0 Å². The molecule has 5 heteroatoms. The van der Waals surface area contributed by atoms with Crippen LogP contribution in [0.5, 0.6) is 5.75 Å². The molecule has 0 aliphatic rings. The molecule has 1 unspecified atom stereocenters. The number of benzene rings is 1. The minimum absolute atomic E-state index is 0.271. The van der Waals surface area contributed by atoms with E-state index in [-0.39, 0.29) is 5.75 Å². The van der Waals surface area contributed by atoms with Crippen LogP contribution in [0.15, 0.2) is 24.3 Å². The zero-order chi connectivity index (χ0) is 13.5. The average molecular weight is 252 g/mol. The molecule has 0 heterocycles. The van der Waals surface area contributed by atoms with E-state index >= 15 is 0 Å². The summed E-state index contributed by atoms with van der Waals surface area (Å²) in [5.41, 5.74) is 0.389. The lowest BCUT2D eigenvalue weighted by Gasteiger charge is -2.07. The molecule has 18 heavy (non-hydrogen) atoms. The number of carbonyl (C=O) groups is 2. The van der Waals surface area contributed by atoms with E-state index in [0.29, 0.717) is 12.2 Å². The smallest absolute Gasteiger partial charge is 0.340 e. The summed E-state index contributed by atoms with van der Waals surface area (Å²) in [6, 6.07) is 5.96. The van der Waals surface area contributed by atoms with Crippen molar-refractivity contribution in [3.63, 3.8) is 0 Å². The van der Waals surface area contributed by atoms with Gasteiger partial charge in [0.1, 0.15) is 11.9 Å². The molecule has 5 nitrogen and oxygen atoms in total. The largest absolute Gasteiger partial charge is 0.462 e. The zero-order valence-electron chi connectivity index (χ0n) is 10.4. The van der Waals surface area contributed by atoms with Crippen molar-refractivity contribution in [2.75, 3.05) is 6.61 Å². The van der Waals surface area contributed by atoms with Crippen molar-refractivity contribution < 1.29 is 24.2 Å². The van der Waals surface area contributed by atoms with Gasteiger partial charge in [0, 0.05) is 0 Å². The molecule has 0 aliphatic carbocycles. The van der Waals surface area contributed by atoms with E-state index in [1.165, 1.54) is 31.2 Å². The highest BCUT2D eigenvalue weighted by molar-refractivity contribution is 5.89. The number of esters is 2. The number of aliphatic hydroxyl groups excluding tert-OH is 1. The highest BCUT2D eigenvalue weighted by Crippen LogP contribution is 2.13. The first kappa shape index (κ1) is 14.2. The van der Waals surface area contributed by atoms with E-state index < -0.39 is 18.0 Å². The van der Waals surface area contributed by atoms with Gasteiger partial charge in [-0.2, -0.15) is 0 Å². The quantitative estimate of drug-likeness (QED) is 0.635. The Kier molecular flexibility index (Phi) is 5.32. The molecule has 0 spiro atoms. The summed E-state index contributed by atoms with van der Waals surface area (Å²) in [5.74, 6) is -0.880. The van der Waals surface area contributed by atoms with Gasteiger partial charge in [-0.3, -0.25) is 0 Å². The molecule has 1 rings (SSSR count). The van der Waals surface area contributed by atoms with E-state index in [4.69, 9.17) is 14.6 Å². The van der Waals surface area contributed by atoms with Crippen LogP contribution in [0.4, 0.5) is 0 Å². The number of rotatable bonds is 5. The first-order valence-electron chi connectivity index (χ1n) is 5.71. The molecular formula is C13H16O5. The minimum atomic E-state index is -1.18. The van der Waals surface area contributed by atoms with Crippen molar-refractivity contribution in [2.24, 2.45) is 0 Å². The predicted octanol–water partition coefficient (Wildman–Crippen LogP) is 1.54. The maximum absolute atomic E-state index is 11.5. The Hall–Kier alpha value is -1.88. The lowest BCUT2D eigenvalue weighted by atomic mass is 10.2. The Labute approximate surface area is 105 Å². The van der Waals surface area contributed by atoms with Gasteiger partial charge in [-0.25, -0.2) is 9.59 Å². The van der Waals surface area contributed by atoms with Crippen molar-refractivity contribution in [1.82, 2.24) is 0 Å². The summed E-state index contributed by atoms with van der Waals surface area (Å²) in [6.45, 7) is 3.60. The summed E-state index contributed by atoms with van der Waals surface area (Å²) in [7, 11) is 0. The summed E-state index contributed by atoms with van der Waals surface area (Å²) in [4.78, 5) is 22.6. The molecule has 0 radical (unpaired) electrons. The molecule has 0 bridgehead atoms. The molecule has 1 aromatic carbocycles. The first-order chi connectivity index (χ1) is 8.54. The van der Waals surface area contributed by atoms with Crippen LogP contribution in [0.25, 0.3) is 0 Å². The third kappa shape index (κ3) is 4.18. The van der Waals surface area contributed by atoms with Crippen LogP contribution in [0.3, 0.4) is 0 Å². The van der Waals surface area contributed by atoms with Gasteiger partial charge in [-0.05, 0) is 37.6 Å². The van der Waals surface area contributed by atoms with Crippen LogP contribution in [0, 0.1) is 0 Å². The Morgan fingerprint density at radius 2 is 1.89 bits per heavy atom. The minimum Gasteiger partial charge on any atom is -0.462 e. The fraction of sp³-hybridized carbons (Fsp3) is 0.385. The molecule has 0 saturated carbocycles. The molecule has 0 aromatic heterocycles. The molecule has 1 aromatic rings. The maximum atomic E-state index is 11.5. The van der Waals surface area contributed by atoms with Gasteiger partial charge >= 0.3 is 11.9 Å². The maximum Gasteiger partial charge on any atom is 0.340 e. The summed E-state index contributed by atoms with van der Waals surface area (Å²) in [6.07, 6.45) is -0.422. The highest BCUT2D eigenvalue weighted by atomic mass is 16.5. The highest BCUT2D eigenvalue weighted by Gasteiger charge is 2.12. The lowest BCUT2D eigenvalue weighted by molar-refractivity contribution is -0.142. The molecule has 0 fully saturated rings. The van der Waals surface area contributed by atoms with Gasteiger partial charge in [0.05, 0.1) is 12.2 Å². The predicted molar refractivity (Wildman–Crippen MR) is 64.3 cm³/mol. The Bertz CT molecular complexity index is 408.